The normalized spacial score (nSPS) is 15.1. The Bertz CT molecular complexity index is 286. The summed E-state index contributed by atoms with van der Waals surface area (Å²) in [5.74, 6) is 0. The number of hydrogen-bond acceptors (Lipinski definition) is 2. The molecule has 1 rings (SSSR count). The lowest BCUT2D eigenvalue weighted by molar-refractivity contribution is 0.0608. The van der Waals surface area contributed by atoms with Gasteiger partial charge in [-0.3, -0.25) is 4.90 Å². The molecule has 0 aliphatic heterocycles. The smallest absolute Gasteiger partial charge is 0.0942 e. The van der Waals surface area contributed by atoms with Crippen molar-refractivity contribution in [1.29, 1.82) is 0 Å². The van der Waals surface area contributed by atoms with Crippen LogP contribution in [-0.2, 0) is 0 Å². The van der Waals surface area contributed by atoms with E-state index in [0.29, 0.717) is 0 Å². The predicted molar refractivity (Wildman–Crippen MR) is 68.4 cm³/mol. The van der Waals surface area contributed by atoms with E-state index in [0.717, 1.165) is 25.1 Å². The molecule has 0 aliphatic rings. The summed E-state index contributed by atoms with van der Waals surface area (Å²) >= 11 is 0. The minimum Gasteiger partial charge on any atom is -0.387 e. The highest BCUT2D eigenvalue weighted by atomic mass is 16.3. The van der Waals surface area contributed by atoms with Crippen molar-refractivity contribution in [2.45, 2.75) is 39.3 Å². The van der Waals surface area contributed by atoms with Crippen molar-refractivity contribution < 1.29 is 5.11 Å². The Kier molecular flexibility index (Phi) is 5.50. The van der Waals surface area contributed by atoms with Crippen LogP contribution in [0.5, 0.6) is 0 Å². The minimum absolute atomic E-state index is 0.173. The monoisotopic (exact) mass is 221 g/mol. The van der Waals surface area contributed by atoms with Crippen LogP contribution in [0, 0.1) is 0 Å². The Labute approximate surface area is 98.9 Å². The van der Waals surface area contributed by atoms with E-state index in [1.165, 1.54) is 0 Å². The summed E-state index contributed by atoms with van der Waals surface area (Å²) in [4.78, 5) is 2.32. The lowest BCUT2D eigenvalue weighted by Gasteiger charge is -2.31. The highest BCUT2D eigenvalue weighted by Gasteiger charge is 2.20. The van der Waals surface area contributed by atoms with Crippen LogP contribution in [0.2, 0.25) is 0 Å². The van der Waals surface area contributed by atoms with Gasteiger partial charge in [-0.1, -0.05) is 44.2 Å². The van der Waals surface area contributed by atoms with Crippen LogP contribution in [0.1, 0.15) is 38.9 Å². The van der Waals surface area contributed by atoms with Gasteiger partial charge in [0.1, 0.15) is 0 Å². The van der Waals surface area contributed by atoms with E-state index >= 15 is 0 Å². The molecule has 0 aliphatic carbocycles. The van der Waals surface area contributed by atoms with Gasteiger partial charge in [-0.15, -0.1) is 0 Å². The van der Waals surface area contributed by atoms with Crippen LogP contribution >= 0.6 is 0 Å². The Balaban J connectivity index is 2.69. The van der Waals surface area contributed by atoms with E-state index < -0.39 is 6.10 Å². The number of nitrogens with zero attached hydrogens (tertiary/aromatic N) is 1. The first kappa shape index (κ1) is 13.2. The van der Waals surface area contributed by atoms with Gasteiger partial charge in [-0.05, 0) is 32.0 Å². The summed E-state index contributed by atoms with van der Waals surface area (Å²) in [6.07, 6.45) is 0.729. The van der Waals surface area contributed by atoms with Crippen LogP contribution in [0.4, 0.5) is 0 Å². The molecule has 2 unspecified atom stereocenters. The zero-order valence-electron chi connectivity index (χ0n) is 10.6. The Hall–Kier alpha value is -0.860. The fourth-order valence-corrected chi connectivity index (χ4v) is 2.07. The zero-order chi connectivity index (χ0) is 12.0. The molecule has 0 amide bonds. The molecule has 1 aromatic carbocycles. The molecule has 0 spiro atoms. The molecule has 0 saturated carbocycles. The third-order valence-electron chi connectivity index (χ3n) is 3.09. The molecule has 2 heteroatoms. The van der Waals surface area contributed by atoms with E-state index in [1.54, 1.807) is 0 Å². The summed E-state index contributed by atoms with van der Waals surface area (Å²) in [5.41, 5.74) is 1.00. The first-order chi connectivity index (χ1) is 7.70. The number of hydrogen-bond donors (Lipinski definition) is 1. The number of benzene rings is 1. The lowest BCUT2D eigenvalue weighted by Crippen LogP contribution is -2.37. The first-order valence-corrected chi connectivity index (χ1v) is 6.17. The van der Waals surface area contributed by atoms with Gasteiger partial charge in [-0.25, -0.2) is 0 Å². The molecular weight excluding hydrogens is 198 g/mol. The summed E-state index contributed by atoms with van der Waals surface area (Å²) in [6.45, 7) is 8.44. The predicted octanol–water partition coefficient (Wildman–Crippen LogP) is 2.84. The van der Waals surface area contributed by atoms with Crippen molar-refractivity contribution >= 4 is 0 Å². The molecule has 90 valence electrons. The molecule has 1 N–H and O–H groups in total. The Morgan fingerprint density at radius 1 is 1.19 bits per heavy atom. The average Bonchev–Trinajstić information content (AvgIpc) is 2.35. The molecule has 1 aromatic rings. The SMILES string of the molecule is CCCN(CC)C(C)C(O)c1ccccc1. The second kappa shape index (κ2) is 6.66. The molecule has 0 aromatic heterocycles. The largest absolute Gasteiger partial charge is 0.387 e. The molecule has 0 saturated heterocycles. The van der Waals surface area contributed by atoms with E-state index in [4.69, 9.17) is 0 Å². The van der Waals surface area contributed by atoms with Gasteiger partial charge in [0.15, 0.2) is 0 Å². The van der Waals surface area contributed by atoms with E-state index in [2.05, 4.69) is 25.7 Å². The summed E-state index contributed by atoms with van der Waals surface area (Å²) < 4.78 is 0. The maximum Gasteiger partial charge on any atom is 0.0942 e. The van der Waals surface area contributed by atoms with Gasteiger partial charge in [0, 0.05) is 6.04 Å². The van der Waals surface area contributed by atoms with Crippen LogP contribution in [0.25, 0.3) is 0 Å². The van der Waals surface area contributed by atoms with Gasteiger partial charge < -0.3 is 5.11 Å². The maximum absolute atomic E-state index is 10.3. The van der Waals surface area contributed by atoms with Gasteiger partial charge in [0.25, 0.3) is 0 Å². The topological polar surface area (TPSA) is 23.5 Å². The summed E-state index contributed by atoms with van der Waals surface area (Å²) in [5, 5.41) is 10.3. The molecule has 0 fully saturated rings. The maximum atomic E-state index is 10.3. The molecule has 2 nitrogen and oxygen atoms in total. The molecule has 16 heavy (non-hydrogen) atoms. The van der Waals surface area contributed by atoms with Crippen LogP contribution in [0.3, 0.4) is 0 Å². The van der Waals surface area contributed by atoms with Crippen molar-refractivity contribution in [3.63, 3.8) is 0 Å². The van der Waals surface area contributed by atoms with Crippen molar-refractivity contribution in [3.8, 4) is 0 Å². The molecule has 0 heterocycles. The molecule has 0 bridgehead atoms. The van der Waals surface area contributed by atoms with Gasteiger partial charge in [0.05, 0.1) is 6.10 Å². The van der Waals surface area contributed by atoms with Crippen molar-refractivity contribution in [2.24, 2.45) is 0 Å². The van der Waals surface area contributed by atoms with Crippen molar-refractivity contribution in [2.75, 3.05) is 13.1 Å². The number of likely N-dealkylation sites (N-methyl/N-ethyl adjacent to an activating group) is 1. The molecular formula is C14H23NO. The summed E-state index contributed by atoms with van der Waals surface area (Å²) in [7, 11) is 0. The van der Waals surface area contributed by atoms with Crippen molar-refractivity contribution in [3.05, 3.63) is 35.9 Å². The quantitative estimate of drug-likeness (QED) is 0.798. The lowest BCUT2D eigenvalue weighted by atomic mass is 10.0. The summed E-state index contributed by atoms with van der Waals surface area (Å²) in [6, 6.07) is 10.1. The molecule has 0 radical (unpaired) electrons. The highest BCUT2D eigenvalue weighted by Crippen LogP contribution is 2.20. The van der Waals surface area contributed by atoms with Crippen LogP contribution in [0.15, 0.2) is 30.3 Å². The van der Waals surface area contributed by atoms with Gasteiger partial charge in [-0.2, -0.15) is 0 Å². The van der Waals surface area contributed by atoms with Crippen LogP contribution in [-0.4, -0.2) is 29.1 Å². The van der Waals surface area contributed by atoms with E-state index in [1.807, 2.05) is 30.3 Å². The average molecular weight is 221 g/mol. The fourth-order valence-electron chi connectivity index (χ4n) is 2.07. The van der Waals surface area contributed by atoms with Gasteiger partial charge in [0.2, 0.25) is 0 Å². The fraction of sp³-hybridized carbons (Fsp3) is 0.571. The Morgan fingerprint density at radius 3 is 2.31 bits per heavy atom. The number of aliphatic hydroxyl groups is 1. The second-order valence-corrected chi connectivity index (χ2v) is 4.22. The van der Waals surface area contributed by atoms with Crippen molar-refractivity contribution in [1.82, 2.24) is 4.90 Å². The number of aliphatic hydroxyl groups excluding tert-OH is 1. The minimum atomic E-state index is -0.396. The highest BCUT2D eigenvalue weighted by molar-refractivity contribution is 5.18. The standard InChI is InChI=1S/C14H23NO/c1-4-11-15(5-2)12(3)14(16)13-9-7-6-8-10-13/h6-10,12,14,16H,4-5,11H2,1-3H3. The number of rotatable bonds is 6. The first-order valence-electron chi connectivity index (χ1n) is 6.17. The second-order valence-electron chi connectivity index (χ2n) is 4.22. The Morgan fingerprint density at radius 2 is 1.81 bits per heavy atom. The van der Waals surface area contributed by atoms with Crippen LogP contribution < -0.4 is 0 Å². The third kappa shape index (κ3) is 3.32. The molecule has 2 atom stereocenters. The van der Waals surface area contributed by atoms with Gasteiger partial charge >= 0.3 is 0 Å². The zero-order valence-corrected chi connectivity index (χ0v) is 10.6. The van der Waals surface area contributed by atoms with E-state index in [9.17, 15) is 5.11 Å². The van der Waals surface area contributed by atoms with E-state index in [-0.39, 0.29) is 6.04 Å². The third-order valence-corrected chi connectivity index (χ3v) is 3.09.